The molecule has 0 aliphatic rings. The molecular formula is C24H32FN3O4S. The summed E-state index contributed by atoms with van der Waals surface area (Å²) in [6.45, 7) is 5.53. The van der Waals surface area contributed by atoms with Crippen LogP contribution in [0.25, 0.3) is 0 Å². The fourth-order valence-electron chi connectivity index (χ4n) is 3.23. The van der Waals surface area contributed by atoms with E-state index < -0.39 is 34.3 Å². The fraction of sp³-hybridized carbons (Fsp3) is 0.417. The molecule has 0 radical (unpaired) electrons. The summed E-state index contributed by atoms with van der Waals surface area (Å²) in [5.74, 6) is -1.28. The number of carbonyl (C=O) groups is 2. The molecule has 2 amide bonds. The first-order valence-electron chi connectivity index (χ1n) is 10.9. The third-order valence-electron chi connectivity index (χ3n) is 5.26. The number of aryl methyl sites for hydroxylation is 1. The molecule has 2 aromatic carbocycles. The van der Waals surface area contributed by atoms with Gasteiger partial charge >= 0.3 is 0 Å². The van der Waals surface area contributed by atoms with Crippen LogP contribution in [0.3, 0.4) is 0 Å². The number of unbranched alkanes of at least 4 members (excludes halogenated alkanes) is 1. The van der Waals surface area contributed by atoms with Crippen LogP contribution in [-0.2, 0) is 26.2 Å². The number of hydrogen-bond acceptors (Lipinski definition) is 4. The lowest BCUT2D eigenvalue weighted by atomic mass is 10.1. The third-order valence-corrected chi connectivity index (χ3v) is 6.40. The van der Waals surface area contributed by atoms with Crippen LogP contribution in [-0.4, -0.2) is 50.5 Å². The Kier molecular flexibility index (Phi) is 9.40. The Bertz CT molecular complexity index is 1040. The number of nitrogens with zero attached hydrogens (tertiary/aromatic N) is 2. The van der Waals surface area contributed by atoms with Crippen molar-refractivity contribution in [2.45, 2.75) is 46.2 Å². The Labute approximate surface area is 195 Å². The first-order valence-corrected chi connectivity index (χ1v) is 12.7. The maximum absolute atomic E-state index is 13.4. The van der Waals surface area contributed by atoms with E-state index in [2.05, 4.69) is 5.32 Å². The summed E-state index contributed by atoms with van der Waals surface area (Å²) in [5, 5.41) is 2.81. The second kappa shape index (κ2) is 11.8. The van der Waals surface area contributed by atoms with Gasteiger partial charge in [0.05, 0.1) is 11.9 Å². The monoisotopic (exact) mass is 477 g/mol. The Hall–Kier alpha value is -2.94. The Morgan fingerprint density at radius 2 is 1.67 bits per heavy atom. The van der Waals surface area contributed by atoms with Crippen molar-refractivity contribution in [3.63, 3.8) is 0 Å². The van der Waals surface area contributed by atoms with Gasteiger partial charge in [0.15, 0.2) is 0 Å². The van der Waals surface area contributed by atoms with Crippen molar-refractivity contribution in [2.24, 2.45) is 0 Å². The van der Waals surface area contributed by atoms with Crippen LogP contribution in [0.1, 0.15) is 37.8 Å². The summed E-state index contributed by atoms with van der Waals surface area (Å²) >= 11 is 0. The minimum atomic E-state index is -3.77. The number of halogens is 1. The van der Waals surface area contributed by atoms with Crippen LogP contribution in [0.2, 0.25) is 0 Å². The molecule has 0 aliphatic heterocycles. The quantitative estimate of drug-likeness (QED) is 0.504. The third kappa shape index (κ3) is 7.85. The molecule has 0 aromatic heterocycles. The van der Waals surface area contributed by atoms with Crippen molar-refractivity contribution >= 4 is 27.5 Å². The first kappa shape index (κ1) is 26.3. The summed E-state index contributed by atoms with van der Waals surface area (Å²) in [5.41, 5.74) is 1.94. The molecule has 1 atom stereocenters. The highest BCUT2D eigenvalue weighted by atomic mass is 32.2. The molecule has 33 heavy (non-hydrogen) atoms. The van der Waals surface area contributed by atoms with Crippen LogP contribution >= 0.6 is 0 Å². The predicted octanol–water partition coefficient (Wildman–Crippen LogP) is 3.23. The maximum Gasteiger partial charge on any atom is 0.244 e. The van der Waals surface area contributed by atoms with E-state index in [-0.39, 0.29) is 12.5 Å². The number of anilines is 1. The average molecular weight is 478 g/mol. The maximum atomic E-state index is 13.4. The predicted molar refractivity (Wildman–Crippen MR) is 128 cm³/mol. The molecule has 0 saturated heterocycles. The van der Waals surface area contributed by atoms with Crippen LogP contribution in [0.4, 0.5) is 10.1 Å². The second-order valence-electron chi connectivity index (χ2n) is 8.07. The zero-order valence-corrected chi connectivity index (χ0v) is 20.4. The summed E-state index contributed by atoms with van der Waals surface area (Å²) < 4.78 is 39.3. The summed E-state index contributed by atoms with van der Waals surface area (Å²) in [6, 6.07) is 11.6. The van der Waals surface area contributed by atoms with Gasteiger partial charge in [0.2, 0.25) is 21.8 Å². The second-order valence-corrected chi connectivity index (χ2v) is 9.98. The summed E-state index contributed by atoms with van der Waals surface area (Å²) in [6.07, 6.45) is 2.75. The summed E-state index contributed by atoms with van der Waals surface area (Å²) in [7, 11) is -3.77. The first-order chi connectivity index (χ1) is 15.5. The standard InChI is InChI=1S/C24H32FN3O4S/c1-5-6-15-26-24(30)19(3)27(16-20-9-11-21(25)12-10-20)23(29)17-28(33(4,31)32)22-13-7-18(2)8-14-22/h7-14,19H,5-6,15-17H2,1-4H3,(H,26,30). The SMILES string of the molecule is CCCCNC(=O)C(C)N(Cc1ccc(F)cc1)C(=O)CN(c1ccc(C)cc1)S(C)(=O)=O. The van der Waals surface area contributed by atoms with Gasteiger partial charge in [0, 0.05) is 13.1 Å². The van der Waals surface area contributed by atoms with E-state index >= 15 is 0 Å². The molecule has 0 heterocycles. The topological polar surface area (TPSA) is 86.8 Å². The van der Waals surface area contributed by atoms with Crippen LogP contribution < -0.4 is 9.62 Å². The van der Waals surface area contributed by atoms with Gasteiger partial charge in [-0.15, -0.1) is 0 Å². The minimum absolute atomic E-state index is 0.0347. The molecule has 9 heteroatoms. The molecule has 7 nitrogen and oxygen atoms in total. The lowest BCUT2D eigenvalue weighted by molar-refractivity contribution is -0.139. The highest BCUT2D eigenvalue weighted by Gasteiger charge is 2.30. The number of amides is 2. The van der Waals surface area contributed by atoms with Gasteiger partial charge in [-0.3, -0.25) is 13.9 Å². The number of hydrogen-bond donors (Lipinski definition) is 1. The number of nitrogens with one attached hydrogen (secondary N) is 1. The number of carbonyl (C=O) groups excluding carboxylic acids is 2. The normalized spacial score (nSPS) is 12.2. The lowest BCUT2D eigenvalue weighted by Crippen LogP contribution is -2.51. The molecule has 1 N–H and O–H groups in total. The van der Waals surface area contributed by atoms with Crippen LogP contribution in [0.5, 0.6) is 0 Å². The molecule has 180 valence electrons. The largest absolute Gasteiger partial charge is 0.354 e. The molecular weight excluding hydrogens is 445 g/mol. The van der Waals surface area contributed by atoms with Gasteiger partial charge in [0.1, 0.15) is 18.4 Å². The van der Waals surface area contributed by atoms with E-state index in [0.29, 0.717) is 17.8 Å². The van der Waals surface area contributed by atoms with Gasteiger partial charge in [-0.2, -0.15) is 0 Å². The van der Waals surface area contributed by atoms with Gasteiger partial charge < -0.3 is 10.2 Å². The van der Waals surface area contributed by atoms with Crippen molar-refractivity contribution < 1.29 is 22.4 Å². The molecule has 1 unspecified atom stereocenters. The molecule has 0 spiro atoms. The molecule has 0 fully saturated rings. The van der Waals surface area contributed by atoms with Gasteiger partial charge in [-0.1, -0.05) is 43.2 Å². The Morgan fingerprint density at radius 3 is 2.21 bits per heavy atom. The van der Waals surface area contributed by atoms with E-state index in [1.807, 2.05) is 13.8 Å². The number of benzene rings is 2. The highest BCUT2D eigenvalue weighted by molar-refractivity contribution is 7.92. The Morgan fingerprint density at radius 1 is 1.06 bits per heavy atom. The fourth-order valence-corrected chi connectivity index (χ4v) is 4.08. The van der Waals surface area contributed by atoms with Gasteiger partial charge in [0.25, 0.3) is 0 Å². The van der Waals surface area contributed by atoms with Crippen LogP contribution in [0, 0.1) is 12.7 Å². The van der Waals surface area contributed by atoms with E-state index in [1.54, 1.807) is 31.2 Å². The zero-order chi connectivity index (χ0) is 24.6. The summed E-state index contributed by atoms with van der Waals surface area (Å²) in [4.78, 5) is 27.4. The molecule has 2 rings (SSSR count). The molecule has 2 aromatic rings. The molecule has 0 saturated carbocycles. The zero-order valence-electron chi connectivity index (χ0n) is 19.5. The number of rotatable bonds is 11. The average Bonchev–Trinajstić information content (AvgIpc) is 2.76. The molecule has 0 bridgehead atoms. The van der Waals surface area contributed by atoms with Crippen molar-refractivity contribution in [1.29, 1.82) is 0 Å². The van der Waals surface area contributed by atoms with Crippen molar-refractivity contribution in [2.75, 3.05) is 23.7 Å². The minimum Gasteiger partial charge on any atom is -0.354 e. The smallest absolute Gasteiger partial charge is 0.244 e. The van der Waals surface area contributed by atoms with E-state index in [1.165, 1.54) is 29.2 Å². The van der Waals surface area contributed by atoms with Crippen molar-refractivity contribution in [1.82, 2.24) is 10.2 Å². The Balaban J connectivity index is 2.32. The number of sulfonamides is 1. The van der Waals surface area contributed by atoms with Gasteiger partial charge in [-0.05, 0) is 50.1 Å². The van der Waals surface area contributed by atoms with E-state index in [9.17, 15) is 22.4 Å². The van der Waals surface area contributed by atoms with Crippen LogP contribution in [0.15, 0.2) is 48.5 Å². The van der Waals surface area contributed by atoms with E-state index in [4.69, 9.17) is 0 Å². The molecule has 0 aliphatic carbocycles. The van der Waals surface area contributed by atoms with E-state index in [0.717, 1.165) is 29.0 Å². The van der Waals surface area contributed by atoms with Crippen molar-refractivity contribution in [3.05, 3.63) is 65.5 Å². The highest BCUT2D eigenvalue weighted by Crippen LogP contribution is 2.19. The van der Waals surface area contributed by atoms with Crippen molar-refractivity contribution in [3.8, 4) is 0 Å². The van der Waals surface area contributed by atoms with Gasteiger partial charge in [-0.25, -0.2) is 12.8 Å². The lowest BCUT2D eigenvalue weighted by Gasteiger charge is -2.31.